The lowest BCUT2D eigenvalue weighted by molar-refractivity contribution is -0.126. The zero-order valence-electron chi connectivity index (χ0n) is 19.0. The molecule has 0 amide bonds. The molecule has 3 heterocycles. The minimum absolute atomic E-state index is 0.233. The molecule has 31 heavy (non-hydrogen) atoms. The molecule has 2 unspecified atom stereocenters. The van der Waals surface area contributed by atoms with Crippen LogP contribution in [0.4, 0.5) is 5.82 Å². The van der Waals surface area contributed by atoms with Crippen LogP contribution in [0, 0.1) is 5.41 Å². The van der Waals surface area contributed by atoms with E-state index in [1.807, 2.05) is 32.2 Å². The van der Waals surface area contributed by atoms with E-state index in [-0.39, 0.29) is 5.78 Å². The van der Waals surface area contributed by atoms with Crippen molar-refractivity contribution in [2.45, 2.75) is 46.3 Å². The molecule has 0 saturated carbocycles. The molecule has 5 heteroatoms. The van der Waals surface area contributed by atoms with Crippen molar-refractivity contribution < 1.29 is 9.53 Å². The number of likely N-dealkylation sites (tertiary alicyclic amines) is 1. The third kappa shape index (κ3) is 4.89. The second kappa shape index (κ2) is 8.93. The number of Topliss-reactive ketones (excluding diaryl/α,β-unsaturated/α-hetero) is 1. The van der Waals surface area contributed by atoms with Crippen LogP contribution in [0.1, 0.15) is 38.8 Å². The molecule has 2 aliphatic heterocycles. The second-order valence-corrected chi connectivity index (χ2v) is 9.61. The topological polar surface area (TPSA) is 45.7 Å². The van der Waals surface area contributed by atoms with Gasteiger partial charge in [-0.15, -0.1) is 0 Å². The van der Waals surface area contributed by atoms with Gasteiger partial charge in [0, 0.05) is 36.8 Å². The van der Waals surface area contributed by atoms with Gasteiger partial charge in [0.1, 0.15) is 5.82 Å². The maximum atomic E-state index is 13.1. The van der Waals surface area contributed by atoms with Crippen molar-refractivity contribution in [2.75, 3.05) is 31.2 Å². The lowest BCUT2D eigenvalue weighted by Crippen LogP contribution is -2.50. The minimum Gasteiger partial charge on any atom is -0.377 e. The maximum absolute atomic E-state index is 13.1. The Balaban J connectivity index is 1.53. The van der Waals surface area contributed by atoms with Gasteiger partial charge in [0.05, 0.1) is 25.3 Å². The van der Waals surface area contributed by atoms with E-state index in [1.165, 1.54) is 5.56 Å². The third-order valence-corrected chi connectivity index (χ3v) is 6.21. The summed E-state index contributed by atoms with van der Waals surface area (Å²) >= 11 is 0. The number of hydrogen-bond acceptors (Lipinski definition) is 5. The summed E-state index contributed by atoms with van der Waals surface area (Å²) in [5, 5.41) is 0. The molecule has 5 nitrogen and oxygen atoms in total. The first-order valence-electron chi connectivity index (χ1n) is 11.2. The van der Waals surface area contributed by atoms with Crippen LogP contribution >= 0.6 is 0 Å². The largest absolute Gasteiger partial charge is 0.377 e. The van der Waals surface area contributed by atoms with E-state index in [9.17, 15) is 4.79 Å². The first-order chi connectivity index (χ1) is 14.8. The molecule has 1 aromatic carbocycles. The number of ether oxygens (including phenoxy) is 1. The van der Waals surface area contributed by atoms with Crippen LogP contribution in [0.15, 0.2) is 54.2 Å². The van der Waals surface area contributed by atoms with Crippen molar-refractivity contribution >= 4 is 17.7 Å². The van der Waals surface area contributed by atoms with E-state index in [0.29, 0.717) is 18.6 Å². The summed E-state index contributed by atoms with van der Waals surface area (Å²) in [6, 6.07) is 15.2. The number of morpholine rings is 1. The average molecular weight is 420 g/mol. The summed E-state index contributed by atoms with van der Waals surface area (Å²) in [4.78, 5) is 22.5. The fourth-order valence-electron chi connectivity index (χ4n) is 4.79. The molecule has 2 saturated heterocycles. The second-order valence-electron chi connectivity index (χ2n) is 9.61. The predicted molar refractivity (Wildman–Crippen MR) is 125 cm³/mol. The Morgan fingerprint density at radius 2 is 1.81 bits per heavy atom. The van der Waals surface area contributed by atoms with Crippen molar-refractivity contribution in [3.05, 3.63) is 65.4 Å². The van der Waals surface area contributed by atoms with Gasteiger partial charge >= 0.3 is 0 Å². The van der Waals surface area contributed by atoms with Crippen LogP contribution in [0.5, 0.6) is 0 Å². The Bertz CT molecular complexity index is 927. The Kier molecular flexibility index (Phi) is 6.26. The fourth-order valence-corrected chi connectivity index (χ4v) is 4.79. The summed E-state index contributed by atoms with van der Waals surface area (Å²) < 4.78 is 5.63. The summed E-state index contributed by atoms with van der Waals surface area (Å²) in [7, 11) is 0. The van der Waals surface area contributed by atoms with E-state index < -0.39 is 5.41 Å². The molecule has 164 valence electrons. The predicted octanol–water partition coefficient (Wildman–Crippen LogP) is 4.19. The van der Waals surface area contributed by atoms with Crippen molar-refractivity contribution in [2.24, 2.45) is 5.41 Å². The number of pyridine rings is 1. The summed E-state index contributed by atoms with van der Waals surface area (Å²) in [6.07, 6.45) is 3.90. The monoisotopic (exact) mass is 419 g/mol. The molecule has 2 aliphatic rings. The van der Waals surface area contributed by atoms with Crippen molar-refractivity contribution in [1.29, 1.82) is 0 Å². The van der Waals surface area contributed by atoms with Gasteiger partial charge in [0.15, 0.2) is 5.78 Å². The quantitative estimate of drug-likeness (QED) is 0.696. The van der Waals surface area contributed by atoms with Gasteiger partial charge in [0.25, 0.3) is 0 Å². The lowest BCUT2D eigenvalue weighted by Gasteiger charge is -2.39. The van der Waals surface area contributed by atoms with Gasteiger partial charge < -0.3 is 9.64 Å². The number of benzene rings is 1. The first-order valence-corrected chi connectivity index (χ1v) is 11.2. The van der Waals surface area contributed by atoms with E-state index in [1.54, 1.807) is 0 Å². The standard InChI is InChI=1S/C26H33N3O2/c1-19-16-31-17-20(2)29(19)24-11-10-22(13-27-24)12-23-15-28(18-26(3,4)25(23)30)14-21-8-6-5-7-9-21/h5-13,19-20H,14-18H2,1-4H3/b23-12-. The van der Waals surface area contributed by atoms with Crippen LogP contribution in [0.3, 0.4) is 0 Å². The number of ketones is 1. The molecule has 0 aliphatic carbocycles. The Labute approximate surface area is 185 Å². The third-order valence-electron chi connectivity index (χ3n) is 6.21. The van der Waals surface area contributed by atoms with Crippen LogP contribution in [0.2, 0.25) is 0 Å². The Morgan fingerprint density at radius 1 is 1.10 bits per heavy atom. The highest BCUT2D eigenvalue weighted by Crippen LogP contribution is 2.31. The molecule has 2 aromatic rings. The van der Waals surface area contributed by atoms with Gasteiger partial charge in [0.2, 0.25) is 0 Å². The normalized spacial score (nSPS) is 25.7. The SMILES string of the molecule is CC1COCC(C)N1c1ccc(/C=C2/CN(Cc3ccccc3)CC(C)(C)C2=O)cn1. The highest BCUT2D eigenvalue weighted by Gasteiger charge is 2.37. The van der Waals surface area contributed by atoms with Gasteiger partial charge in [-0.05, 0) is 43.2 Å². The van der Waals surface area contributed by atoms with Gasteiger partial charge in [-0.3, -0.25) is 9.69 Å². The Morgan fingerprint density at radius 3 is 2.45 bits per heavy atom. The molecule has 0 spiro atoms. The zero-order valence-corrected chi connectivity index (χ0v) is 19.0. The van der Waals surface area contributed by atoms with Crippen LogP contribution in [-0.2, 0) is 16.1 Å². The van der Waals surface area contributed by atoms with Gasteiger partial charge in [-0.1, -0.05) is 44.2 Å². The van der Waals surface area contributed by atoms with Crippen LogP contribution in [-0.4, -0.2) is 54.1 Å². The molecular weight excluding hydrogens is 386 g/mol. The zero-order chi connectivity index (χ0) is 22.0. The summed E-state index contributed by atoms with van der Waals surface area (Å²) in [5.74, 6) is 1.20. The van der Waals surface area contributed by atoms with Gasteiger partial charge in [-0.25, -0.2) is 4.98 Å². The Hall–Kier alpha value is -2.50. The minimum atomic E-state index is -0.398. The summed E-state index contributed by atoms with van der Waals surface area (Å²) in [6.45, 7) is 12.1. The number of carbonyl (C=O) groups excluding carboxylic acids is 1. The maximum Gasteiger partial charge on any atom is 0.167 e. The average Bonchev–Trinajstić information content (AvgIpc) is 2.73. The van der Waals surface area contributed by atoms with Crippen molar-refractivity contribution in [3.8, 4) is 0 Å². The van der Waals surface area contributed by atoms with Crippen LogP contribution in [0.25, 0.3) is 6.08 Å². The number of nitrogens with zero attached hydrogens (tertiary/aromatic N) is 3. The molecule has 0 radical (unpaired) electrons. The van der Waals surface area contributed by atoms with E-state index in [2.05, 4.69) is 60.0 Å². The fraction of sp³-hybridized carbons (Fsp3) is 0.462. The number of aromatic nitrogens is 1. The summed E-state index contributed by atoms with van der Waals surface area (Å²) in [5.41, 5.74) is 2.70. The van der Waals surface area contributed by atoms with Crippen LogP contribution < -0.4 is 4.90 Å². The van der Waals surface area contributed by atoms with Crippen molar-refractivity contribution in [1.82, 2.24) is 9.88 Å². The molecular formula is C26H33N3O2. The molecule has 0 N–H and O–H groups in total. The lowest BCUT2D eigenvalue weighted by atomic mass is 9.79. The molecule has 2 atom stereocenters. The van der Waals surface area contributed by atoms with Gasteiger partial charge in [-0.2, -0.15) is 0 Å². The molecule has 4 rings (SSSR count). The first kappa shape index (κ1) is 21.7. The van der Waals surface area contributed by atoms with E-state index >= 15 is 0 Å². The number of carbonyl (C=O) groups is 1. The van der Waals surface area contributed by atoms with E-state index in [0.717, 1.165) is 43.3 Å². The molecule has 2 fully saturated rings. The highest BCUT2D eigenvalue weighted by atomic mass is 16.5. The number of hydrogen-bond donors (Lipinski definition) is 0. The highest BCUT2D eigenvalue weighted by molar-refractivity contribution is 6.04. The number of anilines is 1. The molecule has 0 bridgehead atoms. The number of rotatable bonds is 4. The molecule has 1 aromatic heterocycles. The van der Waals surface area contributed by atoms with E-state index in [4.69, 9.17) is 9.72 Å². The number of piperidine rings is 1. The van der Waals surface area contributed by atoms with Crippen molar-refractivity contribution in [3.63, 3.8) is 0 Å². The smallest absolute Gasteiger partial charge is 0.167 e.